The summed E-state index contributed by atoms with van der Waals surface area (Å²) in [5.74, 6) is -0.378. The molecule has 166 valence electrons. The Kier molecular flexibility index (Phi) is 6.66. The smallest absolute Gasteiger partial charge is 0.270 e. The van der Waals surface area contributed by atoms with E-state index in [-0.39, 0.29) is 22.9 Å². The Bertz CT molecular complexity index is 1350. The summed E-state index contributed by atoms with van der Waals surface area (Å²) in [5, 5.41) is 17.0. The van der Waals surface area contributed by atoms with Gasteiger partial charge >= 0.3 is 0 Å². The Balaban J connectivity index is 1.30. The molecule has 0 bridgehead atoms. The molecule has 0 atom stereocenters. The summed E-state index contributed by atoms with van der Waals surface area (Å²) in [6, 6.07) is 18.5. The van der Waals surface area contributed by atoms with Gasteiger partial charge in [-0.2, -0.15) is 0 Å². The van der Waals surface area contributed by atoms with Crippen molar-refractivity contribution in [1.82, 2.24) is 4.98 Å². The van der Waals surface area contributed by atoms with Crippen molar-refractivity contribution < 1.29 is 14.5 Å². The summed E-state index contributed by atoms with van der Waals surface area (Å²) in [6.07, 6.45) is 0. The highest BCUT2D eigenvalue weighted by Gasteiger charge is 2.12. The highest BCUT2D eigenvalue weighted by atomic mass is 32.2. The molecule has 3 aromatic carbocycles. The number of hydrogen-bond donors (Lipinski definition) is 2. The lowest BCUT2D eigenvalue weighted by Gasteiger charge is -2.07. The van der Waals surface area contributed by atoms with Crippen molar-refractivity contribution in [1.29, 1.82) is 0 Å². The maximum absolute atomic E-state index is 12.3. The third-order valence-electron chi connectivity index (χ3n) is 4.59. The summed E-state index contributed by atoms with van der Waals surface area (Å²) in [6.45, 7) is 2.01. The molecule has 0 aliphatic rings. The van der Waals surface area contributed by atoms with Crippen molar-refractivity contribution in [3.8, 4) is 0 Å². The molecule has 0 radical (unpaired) electrons. The van der Waals surface area contributed by atoms with Crippen LogP contribution < -0.4 is 10.6 Å². The first kappa shape index (κ1) is 22.4. The number of hydrogen-bond acceptors (Lipinski definition) is 7. The molecule has 33 heavy (non-hydrogen) atoms. The number of thiazole rings is 1. The zero-order chi connectivity index (χ0) is 23.4. The number of amides is 2. The molecule has 0 saturated carbocycles. The number of anilines is 2. The van der Waals surface area contributed by atoms with Crippen LogP contribution in [0.3, 0.4) is 0 Å². The quantitative estimate of drug-likeness (QED) is 0.206. The standard InChI is InChI=1S/C23H18N4O4S2/c1-14-5-10-19-20(11-14)33-23(25-19)26-21(28)13-32-18-8-6-16(7-9-18)24-22(29)15-3-2-4-17(12-15)27(30)31/h2-12H,13H2,1H3,(H,24,29)(H,25,26,28). The molecule has 1 heterocycles. The molecular formula is C23H18N4O4S2. The van der Waals surface area contributed by atoms with Crippen molar-refractivity contribution in [2.75, 3.05) is 16.4 Å². The Morgan fingerprint density at radius 3 is 2.61 bits per heavy atom. The zero-order valence-corrected chi connectivity index (χ0v) is 19.0. The Hall–Kier alpha value is -3.76. The predicted molar refractivity (Wildman–Crippen MR) is 131 cm³/mol. The highest BCUT2D eigenvalue weighted by Crippen LogP contribution is 2.27. The summed E-state index contributed by atoms with van der Waals surface area (Å²) in [5.41, 5.74) is 2.60. The van der Waals surface area contributed by atoms with E-state index in [1.165, 1.54) is 47.4 Å². The first-order valence-corrected chi connectivity index (χ1v) is 11.6. The number of nitro groups is 1. The van der Waals surface area contributed by atoms with E-state index in [9.17, 15) is 19.7 Å². The van der Waals surface area contributed by atoms with Crippen LogP contribution in [0.15, 0.2) is 71.6 Å². The second-order valence-electron chi connectivity index (χ2n) is 7.11. The Labute approximate surface area is 197 Å². The first-order valence-electron chi connectivity index (χ1n) is 9.83. The van der Waals surface area contributed by atoms with Crippen LogP contribution in [0.1, 0.15) is 15.9 Å². The first-order chi connectivity index (χ1) is 15.9. The van der Waals surface area contributed by atoms with Crippen molar-refractivity contribution in [2.24, 2.45) is 0 Å². The molecule has 0 unspecified atom stereocenters. The fraction of sp³-hybridized carbons (Fsp3) is 0.0870. The van der Waals surface area contributed by atoms with E-state index in [1.54, 1.807) is 24.3 Å². The number of carbonyl (C=O) groups is 2. The topological polar surface area (TPSA) is 114 Å². The van der Waals surface area contributed by atoms with Crippen molar-refractivity contribution >= 4 is 61.6 Å². The van der Waals surface area contributed by atoms with Gasteiger partial charge in [-0.25, -0.2) is 4.98 Å². The van der Waals surface area contributed by atoms with E-state index in [0.717, 1.165) is 20.7 Å². The van der Waals surface area contributed by atoms with Crippen LogP contribution in [0.5, 0.6) is 0 Å². The van der Waals surface area contributed by atoms with Crippen LogP contribution in [0.25, 0.3) is 10.2 Å². The minimum Gasteiger partial charge on any atom is -0.322 e. The van der Waals surface area contributed by atoms with E-state index < -0.39 is 10.8 Å². The third kappa shape index (κ3) is 5.73. The maximum atomic E-state index is 12.3. The SMILES string of the molecule is Cc1ccc2nc(NC(=O)CSc3ccc(NC(=O)c4cccc([N+](=O)[O-])c4)cc3)sc2c1. The number of non-ortho nitro benzene ring substituents is 1. The van der Waals surface area contributed by atoms with Crippen LogP contribution in [0.4, 0.5) is 16.5 Å². The van der Waals surface area contributed by atoms with Crippen LogP contribution in [-0.4, -0.2) is 27.5 Å². The monoisotopic (exact) mass is 478 g/mol. The molecular weight excluding hydrogens is 460 g/mol. The van der Waals surface area contributed by atoms with Crippen LogP contribution in [0, 0.1) is 17.0 Å². The Morgan fingerprint density at radius 1 is 1.06 bits per heavy atom. The van der Waals surface area contributed by atoms with Gasteiger partial charge in [0.05, 0.1) is 20.9 Å². The number of thioether (sulfide) groups is 1. The van der Waals surface area contributed by atoms with Gasteiger partial charge in [0.15, 0.2) is 5.13 Å². The van der Waals surface area contributed by atoms with Crippen LogP contribution in [0.2, 0.25) is 0 Å². The van der Waals surface area contributed by atoms with Crippen molar-refractivity contribution in [2.45, 2.75) is 11.8 Å². The number of carbonyl (C=O) groups excluding carboxylic acids is 2. The lowest BCUT2D eigenvalue weighted by molar-refractivity contribution is -0.384. The second-order valence-corrected chi connectivity index (χ2v) is 9.19. The molecule has 2 amide bonds. The fourth-order valence-electron chi connectivity index (χ4n) is 2.99. The van der Waals surface area contributed by atoms with Crippen LogP contribution >= 0.6 is 23.1 Å². The molecule has 0 aliphatic carbocycles. The number of aryl methyl sites for hydroxylation is 1. The lowest BCUT2D eigenvalue weighted by atomic mass is 10.2. The summed E-state index contributed by atoms with van der Waals surface area (Å²) >= 11 is 2.80. The maximum Gasteiger partial charge on any atom is 0.270 e. The number of nitrogens with one attached hydrogen (secondary N) is 2. The van der Waals surface area contributed by atoms with Crippen molar-refractivity contribution in [3.05, 3.63) is 88.0 Å². The average Bonchev–Trinajstić information content (AvgIpc) is 3.19. The zero-order valence-electron chi connectivity index (χ0n) is 17.4. The van der Waals surface area contributed by atoms with E-state index in [4.69, 9.17) is 0 Å². The van der Waals surface area contributed by atoms with Gasteiger partial charge in [-0.15, -0.1) is 11.8 Å². The minimum atomic E-state index is -0.545. The molecule has 0 fully saturated rings. The fourth-order valence-corrected chi connectivity index (χ4v) is 4.67. The molecule has 0 saturated heterocycles. The van der Waals surface area contributed by atoms with Gasteiger partial charge < -0.3 is 10.6 Å². The van der Waals surface area contributed by atoms with Gasteiger partial charge in [-0.05, 0) is 55.0 Å². The van der Waals surface area contributed by atoms with Gasteiger partial charge in [0, 0.05) is 28.3 Å². The largest absolute Gasteiger partial charge is 0.322 e. The van der Waals surface area contributed by atoms with E-state index in [1.807, 2.05) is 25.1 Å². The highest BCUT2D eigenvalue weighted by molar-refractivity contribution is 8.00. The van der Waals surface area contributed by atoms with Crippen molar-refractivity contribution in [3.63, 3.8) is 0 Å². The summed E-state index contributed by atoms with van der Waals surface area (Å²) < 4.78 is 1.03. The number of nitrogens with zero attached hydrogens (tertiary/aromatic N) is 2. The predicted octanol–water partition coefficient (Wildman–Crippen LogP) is 5.50. The van der Waals surface area contributed by atoms with E-state index in [0.29, 0.717) is 10.8 Å². The molecule has 4 aromatic rings. The van der Waals surface area contributed by atoms with E-state index >= 15 is 0 Å². The molecule has 4 rings (SSSR count). The van der Waals surface area contributed by atoms with Gasteiger partial charge in [0.2, 0.25) is 5.91 Å². The lowest BCUT2D eigenvalue weighted by Crippen LogP contribution is -2.13. The minimum absolute atomic E-state index is 0.145. The Morgan fingerprint density at radius 2 is 1.85 bits per heavy atom. The van der Waals surface area contributed by atoms with E-state index in [2.05, 4.69) is 15.6 Å². The normalized spacial score (nSPS) is 10.7. The second kappa shape index (κ2) is 9.80. The average molecular weight is 479 g/mol. The van der Waals surface area contributed by atoms with Crippen LogP contribution in [-0.2, 0) is 4.79 Å². The molecule has 10 heteroatoms. The number of nitro benzene ring substituents is 1. The summed E-state index contributed by atoms with van der Waals surface area (Å²) in [7, 11) is 0. The summed E-state index contributed by atoms with van der Waals surface area (Å²) in [4.78, 5) is 40.3. The van der Waals surface area contributed by atoms with Gasteiger partial charge in [0.1, 0.15) is 0 Å². The number of benzene rings is 3. The number of fused-ring (bicyclic) bond motifs is 1. The molecule has 2 N–H and O–H groups in total. The van der Waals surface area contributed by atoms with Gasteiger partial charge in [0.25, 0.3) is 11.6 Å². The third-order valence-corrected chi connectivity index (χ3v) is 6.54. The van der Waals surface area contributed by atoms with Gasteiger partial charge in [-0.1, -0.05) is 23.5 Å². The number of aromatic nitrogens is 1. The molecule has 8 nitrogen and oxygen atoms in total. The molecule has 0 spiro atoms. The number of rotatable bonds is 7. The van der Waals surface area contributed by atoms with Gasteiger partial charge in [-0.3, -0.25) is 19.7 Å². The molecule has 0 aliphatic heterocycles. The molecule has 1 aromatic heterocycles.